The van der Waals surface area contributed by atoms with Crippen molar-refractivity contribution in [3.05, 3.63) is 24.9 Å². The topological polar surface area (TPSA) is 20.3 Å². The van der Waals surface area contributed by atoms with E-state index in [-0.39, 0.29) is 5.78 Å². The Morgan fingerprint density at radius 1 is 1.33 bits per heavy atom. The van der Waals surface area contributed by atoms with Gasteiger partial charge in [-0.15, -0.1) is 0 Å². The standard InChI is InChI=1S/C13H23NO/c1-5-10-14(12(3)6-2)11-8-7-9-13(4)15/h6H,2-3,5,7-11H2,1,4H3. The van der Waals surface area contributed by atoms with Gasteiger partial charge in [-0.1, -0.05) is 20.1 Å². The monoisotopic (exact) mass is 209 g/mol. The van der Waals surface area contributed by atoms with Gasteiger partial charge < -0.3 is 9.69 Å². The second-order valence-corrected chi connectivity index (χ2v) is 3.84. The SMILES string of the molecule is C=CC(=C)N(CCC)CCCCC(C)=O. The summed E-state index contributed by atoms with van der Waals surface area (Å²) in [5.74, 6) is 0.277. The molecular weight excluding hydrogens is 186 g/mol. The van der Waals surface area contributed by atoms with Crippen molar-refractivity contribution in [2.24, 2.45) is 0 Å². The van der Waals surface area contributed by atoms with Crippen molar-refractivity contribution in [2.45, 2.75) is 39.5 Å². The molecule has 2 heteroatoms. The Morgan fingerprint density at radius 2 is 2.00 bits per heavy atom. The summed E-state index contributed by atoms with van der Waals surface area (Å²) >= 11 is 0. The second kappa shape index (κ2) is 8.27. The van der Waals surface area contributed by atoms with Gasteiger partial charge in [0, 0.05) is 25.2 Å². The van der Waals surface area contributed by atoms with Gasteiger partial charge in [-0.3, -0.25) is 0 Å². The molecule has 0 saturated heterocycles. The summed E-state index contributed by atoms with van der Waals surface area (Å²) in [6, 6.07) is 0. The summed E-state index contributed by atoms with van der Waals surface area (Å²) in [6.07, 6.45) is 5.62. The molecule has 0 aromatic heterocycles. The van der Waals surface area contributed by atoms with Gasteiger partial charge in [-0.2, -0.15) is 0 Å². The summed E-state index contributed by atoms with van der Waals surface area (Å²) in [5, 5.41) is 0. The van der Waals surface area contributed by atoms with Gasteiger partial charge in [-0.05, 0) is 32.3 Å². The summed E-state index contributed by atoms with van der Waals surface area (Å²) in [5.41, 5.74) is 0.986. The molecule has 0 bridgehead atoms. The zero-order valence-corrected chi connectivity index (χ0v) is 10.1. The summed E-state index contributed by atoms with van der Waals surface area (Å²) in [6.45, 7) is 13.5. The van der Waals surface area contributed by atoms with E-state index >= 15 is 0 Å². The molecule has 0 radical (unpaired) electrons. The van der Waals surface area contributed by atoms with E-state index in [1.54, 1.807) is 13.0 Å². The van der Waals surface area contributed by atoms with Crippen molar-refractivity contribution < 1.29 is 4.79 Å². The molecular formula is C13H23NO. The van der Waals surface area contributed by atoms with Crippen molar-refractivity contribution in [3.8, 4) is 0 Å². The highest BCUT2D eigenvalue weighted by Crippen LogP contribution is 2.07. The van der Waals surface area contributed by atoms with Crippen LogP contribution in [-0.4, -0.2) is 23.8 Å². The van der Waals surface area contributed by atoms with E-state index in [4.69, 9.17) is 0 Å². The number of unbranched alkanes of at least 4 members (excludes halogenated alkanes) is 1. The number of Topliss-reactive ketones (excluding diaryl/α,β-unsaturated/α-hetero) is 1. The van der Waals surface area contributed by atoms with Crippen molar-refractivity contribution in [3.63, 3.8) is 0 Å². The average molecular weight is 209 g/mol. The van der Waals surface area contributed by atoms with Gasteiger partial charge >= 0.3 is 0 Å². The number of ketones is 1. The number of allylic oxidation sites excluding steroid dienone is 1. The van der Waals surface area contributed by atoms with Crippen molar-refractivity contribution >= 4 is 5.78 Å². The fourth-order valence-corrected chi connectivity index (χ4v) is 1.47. The Morgan fingerprint density at radius 3 is 2.47 bits per heavy atom. The molecule has 0 N–H and O–H groups in total. The van der Waals surface area contributed by atoms with E-state index in [1.165, 1.54) is 0 Å². The van der Waals surface area contributed by atoms with Crippen molar-refractivity contribution in [1.29, 1.82) is 0 Å². The van der Waals surface area contributed by atoms with Crippen LogP contribution in [0.25, 0.3) is 0 Å². The highest BCUT2D eigenvalue weighted by atomic mass is 16.1. The van der Waals surface area contributed by atoms with Gasteiger partial charge in [0.05, 0.1) is 0 Å². The third-order valence-electron chi connectivity index (χ3n) is 2.34. The molecule has 0 aromatic carbocycles. The first kappa shape index (κ1) is 13.9. The minimum Gasteiger partial charge on any atom is -0.372 e. The van der Waals surface area contributed by atoms with Crippen LogP contribution in [0.15, 0.2) is 24.9 Å². The van der Waals surface area contributed by atoms with Crippen LogP contribution in [0.4, 0.5) is 0 Å². The van der Waals surface area contributed by atoms with E-state index in [9.17, 15) is 4.79 Å². The van der Waals surface area contributed by atoms with Crippen LogP contribution in [-0.2, 0) is 4.79 Å². The second-order valence-electron chi connectivity index (χ2n) is 3.84. The van der Waals surface area contributed by atoms with Crippen molar-refractivity contribution in [2.75, 3.05) is 13.1 Å². The summed E-state index contributed by atoms with van der Waals surface area (Å²) < 4.78 is 0. The predicted molar refractivity (Wildman–Crippen MR) is 65.7 cm³/mol. The molecule has 0 atom stereocenters. The van der Waals surface area contributed by atoms with Crippen LogP contribution in [0.2, 0.25) is 0 Å². The quantitative estimate of drug-likeness (QED) is 0.429. The first-order chi connectivity index (χ1) is 7.11. The molecule has 0 saturated carbocycles. The maximum Gasteiger partial charge on any atom is 0.129 e. The summed E-state index contributed by atoms with van der Waals surface area (Å²) in [7, 11) is 0. The van der Waals surface area contributed by atoms with Gasteiger partial charge in [0.15, 0.2) is 0 Å². The number of nitrogens with zero attached hydrogens (tertiary/aromatic N) is 1. The molecule has 0 heterocycles. The molecule has 0 aliphatic carbocycles. The molecule has 0 amide bonds. The van der Waals surface area contributed by atoms with Gasteiger partial charge in [-0.25, -0.2) is 0 Å². The van der Waals surface area contributed by atoms with E-state index in [1.807, 2.05) is 0 Å². The zero-order valence-electron chi connectivity index (χ0n) is 10.1. The van der Waals surface area contributed by atoms with Crippen LogP contribution in [0.5, 0.6) is 0 Å². The molecule has 0 aliphatic rings. The average Bonchev–Trinajstić information content (AvgIpc) is 2.21. The zero-order chi connectivity index (χ0) is 11.7. The van der Waals surface area contributed by atoms with Crippen LogP contribution < -0.4 is 0 Å². The van der Waals surface area contributed by atoms with Gasteiger partial charge in [0.1, 0.15) is 5.78 Å². The van der Waals surface area contributed by atoms with Crippen LogP contribution in [0.1, 0.15) is 39.5 Å². The fourth-order valence-electron chi connectivity index (χ4n) is 1.47. The van der Waals surface area contributed by atoms with E-state index in [0.29, 0.717) is 6.42 Å². The Kier molecular flexibility index (Phi) is 7.69. The minimum atomic E-state index is 0.277. The predicted octanol–water partition coefficient (Wildman–Crippen LogP) is 3.16. The lowest BCUT2D eigenvalue weighted by atomic mass is 10.2. The minimum absolute atomic E-state index is 0.277. The van der Waals surface area contributed by atoms with Gasteiger partial charge in [0.2, 0.25) is 0 Å². The molecule has 2 nitrogen and oxygen atoms in total. The number of carbonyl (C=O) groups is 1. The Labute approximate surface area is 93.7 Å². The molecule has 0 aliphatic heterocycles. The maximum atomic E-state index is 10.8. The lowest BCUT2D eigenvalue weighted by Gasteiger charge is -2.24. The smallest absolute Gasteiger partial charge is 0.129 e. The number of hydrogen-bond donors (Lipinski definition) is 0. The fraction of sp³-hybridized carbons (Fsp3) is 0.615. The van der Waals surface area contributed by atoms with E-state index < -0.39 is 0 Å². The normalized spacial score (nSPS) is 9.73. The lowest BCUT2D eigenvalue weighted by Crippen LogP contribution is -2.23. The van der Waals surface area contributed by atoms with E-state index in [2.05, 4.69) is 25.0 Å². The third-order valence-corrected chi connectivity index (χ3v) is 2.34. The molecule has 0 unspecified atom stereocenters. The Balaban J connectivity index is 3.80. The molecule has 15 heavy (non-hydrogen) atoms. The third kappa shape index (κ3) is 6.95. The molecule has 86 valence electrons. The highest BCUT2D eigenvalue weighted by molar-refractivity contribution is 5.75. The van der Waals surface area contributed by atoms with E-state index in [0.717, 1.165) is 38.0 Å². The number of carbonyl (C=O) groups excluding carboxylic acids is 1. The maximum absolute atomic E-state index is 10.8. The molecule has 0 rings (SSSR count). The first-order valence-corrected chi connectivity index (χ1v) is 5.67. The number of rotatable bonds is 9. The largest absolute Gasteiger partial charge is 0.372 e. The Bertz CT molecular complexity index is 221. The number of hydrogen-bond acceptors (Lipinski definition) is 2. The van der Waals surface area contributed by atoms with Gasteiger partial charge in [0.25, 0.3) is 0 Å². The molecule has 0 spiro atoms. The lowest BCUT2D eigenvalue weighted by molar-refractivity contribution is -0.117. The first-order valence-electron chi connectivity index (χ1n) is 5.67. The van der Waals surface area contributed by atoms with Crippen LogP contribution >= 0.6 is 0 Å². The van der Waals surface area contributed by atoms with Crippen LogP contribution in [0.3, 0.4) is 0 Å². The molecule has 0 aromatic rings. The van der Waals surface area contributed by atoms with Crippen molar-refractivity contribution in [1.82, 2.24) is 4.90 Å². The highest BCUT2D eigenvalue weighted by Gasteiger charge is 2.03. The summed E-state index contributed by atoms with van der Waals surface area (Å²) in [4.78, 5) is 13.0. The van der Waals surface area contributed by atoms with Crippen LogP contribution in [0, 0.1) is 0 Å². The Hall–Kier alpha value is -1.05. The molecule has 0 fully saturated rings.